The van der Waals surface area contributed by atoms with Crippen molar-refractivity contribution >= 4 is 5.91 Å². The number of carbonyl (C=O) groups excluding carboxylic acids is 1. The molecule has 0 bridgehead atoms. The highest BCUT2D eigenvalue weighted by Gasteiger charge is 2.27. The number of furan rings is 1. The fourth-order valence-corrected chi connectivity index (χ4v) is 4.49. The van der Waals surface area contributed by atoms with E-state index in [1.165, 1.54) is 11.8 Å². The van der Waals surface area contributed by atoms with Crippen molar-refractivity contribution in [2.24, 2.45) is 5.92 Å². The molecule has 0 saturated heterocycles. The first kappa shape index (κ1) is 24.8. The van der Waals surface area contributed by atoms with Gasteiger partial charge in [0.15, 0.2) is 23.1 Å². The van der Waals surface area contributed by atoms with E-state index in [2.05, 4.69) is 51.0 Å². The summed E-state index contributed by atoms with van der Waals surface area (Å²) in [7, 11) is 1.66. The SMILES string of the molecule is CCOc1cc(CN2CCc3nnc(C(CC(C)C)NC(=O)c4ccco4)n3CC2)ccc1OC. The lowest BCUT2D eigenvalue weighted by atomic mass is 10.0. The number of amides is 1. The molecule has 0 saturated carbocycles. The van der Waals surface area contributed by atoms with Gasteiger partial charge in [0.05, 0.1) is 26.0 Å². The van der Waals surface area contributed by atoms with Crippen LogP contribution in [0.15, 0.2) is 41.0 Å². The maximum Gasteiger partial charge on any atom is 0.287 e. The molecule has 0 fully saturated rings. The van der Waals surface area contributed by atoms with Gasteiger partial charge >= 0.3 is 0 Å². The quantitative estimate of drug-likeness (QED) is 0.470. The largest absolute Gasteiger partial charge is 0.493 e. The van der Waals surface area contributed by atoms with Gasteiger partial charge < -0.3 is 23.8 Å². The van der Waals surface area contributed by atoms with Crippen LogP contribution < -0.4 is 14.8 Å². The highest BCUT2D eigenvalue weighted by molar-refractivity contribution is 5.91. The van der Waals surface area contributed by atoms with Gasteiger partial charge in [0.2, 0.25) is 0 Å². The normalized spacial score (nSPS) is 14.9. The Morgan fingerprint density at radius 2 is 2.03 bits per heavy atom. The Kier molecular flexibility index (Phi) is 8.07. The van der Waals surface area contributed by atoms with E-state index in [0.717, 1.165) is 62.2 Å². The third-order valence-corrected chi connectivity index (χ3v) is 6.15. The van der Waals surface area contributed by atoms with Gasteiger partial charge in [-0.25, -0.2) is 0 Å². The van der Waals surface area contributed by atoms with Crippen LogP contribution in [0.4, 0.5) is 0 Å². The number of rotatable bonds is 10. The topological polar surface area (TPSA) is 94.6 Å². The van der Waals surface area contributed by atoms with Crippen molar-refractivity contribution in [2.75, 3.05) is 26.8 Å². The first-order chi connectivity index (χ1) is 17.0. The maximum atomic E-state index is 12.7. The number of aromatic nitrogens is 3. The number of nitrogens with zero attached hydrogens (tertiary/aromatic N) is 4. The third kappa shape index (κ3) is 6.03. The number of ether oxygens (including phenoxy) is 2. The molecule has 0 spiro atoms. The van der Waals surface area contributed by atoms with Crippen LogP contribution in [0.1, 0.15) is 61.0 Å². The molecule has 2 aromatic heterocycles. The highest BCUT2D eigenvalue weighted by atomic mass is 16.5. The zero-order valence-corrected chi connectivity index (χ0v) is 21.0. The van der Waals surface area contributed by atoms with E-state index in [1.54, 1.807) is 19.2 Å². The smallest absolute Gasteiger partial charge is 0.287 e. The second kappa shape index (κ2) is 11.4. The Morgan fingerprint density at radius 3 is 2.74 bits per heavy atom. The standard InChI is InChI=1S/C26H35N5O4/c1-5-34-23-16-19(8-9-21(23)33-4)17-30-11-10-24-28-29-25(31(24)13-12-30)20(15-18(2)3)27-26(32)22-7-6-14-35-22/h6-9,14,16,18,20H,5,10-13,15,17H2,1-4H3,(H,27,32). The molecule has 35 heavy (non-hydrogen) atoms. The number of methoxy groups -OCH3 is 1. The van der Waals surface area contributed by atoms with Crippen LogP contribution in [-0.4, -0.2) is 52.4 Å². The lowest BCUT2D eigenvalue weighted by molar-refractivity contribution is 0.0900. The molecule has 3 aromatic rings. The van der Waals surface area contributed by atoms with Gasteiger partial charge in [0, 0.05) is 32.6 Å². The molecule has 1 amide bonds. The molecule has 188 valence electrons. The van der Waals surface area contributed by atoms with Crippen molar-refractivity contribution in [2.45, 2.75) is 52.7 Å². The number of fused-ring (bicyclic) bond motifs is 1. The number of carbonyl (C=O) groups is 1. The van der Waals surface area contributed by atoms with Crippen molar-refractivity contribution in [3.63, 3.8) is 0 Å². The second-order valence-electron chi connectivity index (χ2n) is 9.20. The molecule has 0 radical (unpaired) electrons. The lowest BCUT2D eigenvalue weighted by Gasteiger charge is -2.22. The molecule has 4 rings (SSSR count). The van der Waals surface area contributed by atoms with Crippen molar-refractivity contribution < 1.29 is 18.7 Å². The zero-order valence-electron chi connectivity index (χ0n) is 21.0. The van der Waals surface area contributed by atoms with Crippen molar-refractivity contribution in [1.29, 1.82) is 0 Å². The summed E-state index contributed by atoms with van der Waals surface area (Å²) in [6.07, 6.45) is 3.06. The number of nitrogens with one attached hydrogen (secondary N) is 1. The van der Waals surface area contributed by atoms with Gasteiger partial charge in [-0.1, -0.05) is 19.9 Å². The Morgan fingerprint density at radius 1 is 1.17 bits per heavy atom. The Balaban J connectivity index is 1.47. The fraction of sp³-hybridized carbons (Fsp3) is 0.500. The van der Waals surface area contributed by atoms with E-state index in [0.29, 0.717) is 18.3 Å². The molecule has 1 aliphatic heterocycles. The number of hydrogen-bond donors (Lipinski definition) is 1. The predicted molar refractivity (Wildman–Crippen MR) is 132 cm³/mol. The van der Waals surface area contributed by atoms with Gasteiger partial charge in [-0.15, -0.1) is 10.2 Å². The fourth-order valence-electron chi connectivity index (χ4n) is 4.49. The van der Waals surface area contributed by atoms with Crippen LogP contribution in [-0.2, 0) is 19.5 Å². The molecule has 0 aliphatic carbocycles. The first-order valence-corrected chi connectivity index (χ1v) is 12.3. The molecule has 1 aromatic carbocycles. The van der Waals surface area contributed by atoms with Crippen LogP contribution >= 0.6 is 0 Å². The Hall–Kier alpha value is -3.33. The molecule has 1 N–H and O–H groups in total. The van der Waals surface area contributed by atoms with E-state index >= 15 is 0 Å². The van der Waals surface area contributed by atoms with Gasteiger partial charge in [-0.05, 0) is 49.1 Å². The van der Waals surface area contributed by atoms with Crippen LogP contribution in [0.2, 0.25) is 0 Å². The summed E-state index contributed by atoms with van der Waals surface area (Å²) in [4.78, 5) is 15.1. The minimum Gasteiger partial charge on any atom is -0.493 e. The average molecular weight is 482 g/mol. The van der Waals surface area contributed by atoms with E-state index in [9.17, 15) is 4.79 Å². The minimum absolute atomic E-state index is 0.238. The highest BCUT2D eigenvalue weighted by Crippen LogP contribution is 2.29. The second-order valence-corrected chi connectivity index (χ2v) is 9.20. The summed E-state index contributed by atoms with van der Waals surface area (Å²) in [6.45, 7) is 10.1. The summed E-state index contributed by atoms with van der Waals surface area (Å²) in [6, 6.07) is 9.24. The first-order valence-electron chi connectivity index (χ1n) is 12.3. The number of benzene rings is 1. The monoisotopic (exact) mass is 481 g/mol. The van der Waals surface area contributed by atoms with Crippen LogP contribution in [0, 0.1) is 5.92 Å². The molecule has 1 atom stereocenters. The van der Waals surface area contributed by atoms with Crippen molar-refractivity contribution in [3.8, 4) is 11.5 Å². The third-order valence-electron chi connectivity index (χ3n) is 6.15. The summed E-state index contributed by atoms with van der Waals surface area (Å²) in [5.41, 5.74) is 1.18. The summed E-state index contributed by atoms with van der Waals surface area (Å²) in [5.74, 6) is 3.71. The molecule has 9 nitrogen and oxygen atoms in total. The lowest BCUT2D eigenvalue weighted by Crippen LogP contribution is -2.32. The van der Waals surface area contributed by atoms with Crippen molar-refractivity contribution in [1.82, 2.24) is 25.0 Å². The minimum atomic E-state index is -0.240. The Labute approximate surface area is 206 Å². The molecule has 1 unspecified atom stereocenters. The van der Waals surface area contributed by atoms with Gasteiger partial charge in [-0.3, -0.25) is 9.69 Å². The van der Waals surface area contributed by atoms with E-state index in [1.807, 2.05) is 13.0 Å². The summed E-state index contributed by atoms with van der Waals surface area (Å²) in [5, 5.41) is 12.1. The van der Waals surface area contributed by atoms with Crippen molar-refractivity contribution in [3.05, 3.63) is 59.6 Å². The van der Waals surface area contributed by atoms with Gasteiger partial charge in [-0.2, -0.15) is 0 Å². The Bertz CT molecular complexity index is 1110. The average Bonchev–Trinajstić information content (AvgIpc) is 3.47. The molecular weight excluding hydrogens is 446 g/mol. The van der Waals surface area contributed by atoms with Crippen LogP contribution in [0.25, 0.3) is 0 Å². The predicted octanol–water partition coefficient (Wildman–Crippen LogP) is 3.85. The summed E-state index contributed by atoms with van der Waals surface area (Å²) >= 11 is 0. The van der Waals surface area contributed by atoms with Gasteiger partial charge in [0.1, 0.15) is 5.82 Å². The van der Waals surface area contributed by atoms with Crippen LogP contribution in [0.3, 0.4) is 0 Å². The van der Waals surface area contributed by atoms with E-state index < -0.39 is 0 Å². The van der Waals surface area contributed by atoms with Gasteiger partial charge in [0.25, 0.3) is 5.91 Å². The zero-order chi connectivity index (χ0) is 24.8. The molecule has 3 heterocycles. The van der Waals surface area contributed by atoms with E-state index in [4.69, 9.17) is 13.9 Å². The molecule has 9 heteroatoms. The molecule has 1 aliphatic rings. The van der Waals surface area contributed by atoms with E-state index in [-0.39, 0.29) is 11.9 Å². The molecular formula is C26H35N5O4. The maximum absolute atomic E-state index is 12.7. The number of hydrogen-bond acceptors (Lipinski definition) is 7. The van der Waals surface area contributed by atoms with Crippen LogP contribution in [0.5, 0.6) is 11.5 Å². The summed E-state index contributed by atoms with van der Waals surface area (Å²) < 4.78 is 18.6.